The van der Waals surface area contributed by atoms with Crippen molar-refractivity contribution in [2.75, 3.05) is 24.5 Å². The van der Waals surface area contributed by atoms with E-state index in [0.29, 0.717) is 12.1 Å². The fourth-order valence-corrected chi connectivity index (χ4v) is 4.93. The largest absolute Gasteiger partial charge is 0.356 e. The molecule has 1 fully saturated rings. The minimum Gasteiger partial charge on any atom is -0.356 e. The van der Waals surface area contributed by atoms with E-state index >= 15 is 0 Å². The molecule has 5 nitrogen and oxygen atoms in total. The molecule has 3 aromatic heterocycles. The SMILES string of the molecule is Cc1nc(-c2ccc(CCNC(=O)c3cccnc3N3CCCC3)s2)cs1. The van der Waals surface area contributed by atoms with Crippen molar-refractivity contribution in [3.05, 3.63) is 51.3 Å². The zero-order valence-electron chi connectivity index (χ0n) is 15.3. The topological polar surface area (TPSA) is 58.1 Å². The molecule has 0 aromatic carbocycles. The van der Waals surface area contributed by atoms with E-state index in [1.807, 2.05) is 19.1 Å². The number of thiazole rings is 1. The van der Waals surface area contributed by atoms with Gasteiger partial charge in [-0.15, -0.1) is 22.7 Å². The van der Waals surface area contributed by atoms with Gasteiger partial charge in [0.15, 0.2) is 0 Å². The molecule has 1 aliphatic rings. The van der Waals surface area contributed by atoms with Crippen LogP contribution in [0, 0.1) is 6.92 Å². The Balaban J connectivity index is 1.36. The molecule has 140 valence electrons. The summed E-state index contributed by atoms with van der Waals surface area (Å²) in [5.41, 5.74) is 1.72. The predicted molar refractivity (Wildman–Crippen MR) is 112 cm³/mol. The summed E-state index contributed by atoms with van der Waals surface area (Å²) in [5, 5.41) is 6.23. The summed E-state index contributed by atoms with van der Waals surface area (Å²) >= 11 is 3.41. The summed E-state index contributed by atoms with van der Waals surface area (Å²) in [6, 6.07) is 7.93. The van der Waals surface area contributed by atoms with Crippen molar-refractivity contribution in [3.8, 4) is 10.6 Å². The van der Waals surface area contributed by atoms with Crippen LogP contribution in [0.2, 0.25) is 0 Å². The van der Waals surface area contributed by atoms with Gasteiger partial charge in [-0.3, -0.25) is 4.79 Å². The lowest BCUT2D eigenvalue weighted by molar-refractivity contribution is 0.0954. The Bertz CT molecular complexity index is 927. The lowest BCUT2D eigenvalue weighted by Gasteiger charge is -2.19. The number of hydrogen-bond donors (Lipinski definition) is 1. The number of thiophene rings is 1. The molecule has 0 radical (unpaired) electrons. The predicted octanol–water partition coefficient (Wildman–Crippen LogP) is 4.15. The van der Waals surface area contributed by atoms with Gasteiger partial charge in [0.25, 0.3) is 5.91 Å². The maximum absolute atomic E-state index is 12.7. The van der Waals surface area contributed by atoms with Crippen molar-refractivity contribution in [3.63, 3.8) is 0 Å². The van der Waals surface area contributed by atoms with E-state index in [1.165, 1.54) is 9.75 Å². The fraction of sp³-hybridized carbons (Fsp3) is 0.350. The summed E-state index contributed by atoms with van der Waals surface area (Å²) in [5.74, 6) is 0.765. The normalized spacial score (nSPS) is 13.9. The van der Waals surface area contributed by atoms with Gasteiger partial charge in [0.2, 0.25) is 0 Å². The van der Waals surface area contributed by atoms with Crippen LogP contribution >= 0.6 is 22.7 Å². The van der Waals surface area contributed by atoms with E-state index in [-0.39, 0.29) is 5.91 Å². The average Bonchev–Trinajstić information content (AvgIpc) is 3.43. The molecule has 4 rings (SSSR count). The molecule has 0 saturated carbocycles. The summed E-state index contributed by atoms with van der Waals surface area (Å²) in [6.07, 6.45) is 4.91. The first kappa shape index (κ1) is 18.1. The quantitative estimate of drug-likeness (QED) is 0.678. The second-order valence-corrected chi connectivity index (χ2v) is 8.82. The number of rotatable bonds is 6. The van der Waals surface area contributed by atoms with Gasteiger partial charge in [-0.25, -0.2) is 9.97 Å². The molecule has 27 heavy (non-hydrogen) atoms. The van der Waals surface area contributed by atoms with Crippen molar-refractivity contribution in [2.24, 2.45) is 0 Å². The number of aromatic nitrogens is 2. The highest BCUT2D eigenvalue weighted by Crippen LogP contribution is 2.29. The van der Waals surface area contributed by atoms with Crippen LogP contribution in [0.5, 0.6) is 0 Å². The van der Waals surface area contributed by atoms with E-state index in [4.69, 9.17) is 0 Å². The van der Waals surface area contributed by atoms with Crippen molar-refractivity contribution in [1.82, 2.24) is 15.3 Å². The van der Waals surface area contributed by atoms with E-state index < -0.39 is 0 Å². The zero-order chi connectivity index (χ0) is 18.6. The van der Waals surface area contributed by atoms with Crippen LogP contribution in [0.1, 0.15) is 33.1 Å². The molecule has 1 amide bonds. The van der Waals surface area contributed by atoms with Crippen molar-refractivity contribution >= 4 is 34.4 Å². The minimum atomic E-state index is -0.0445. The smallest absolute Gasteiger partial charge is 0.255 e. The number of nitrogens with one attached hydrogen (secondary N) is 1. The van der Waals surface area contributed by atoms with Gasteiger partial charge in [-0.2, -0.15) is 0 Å². The Morgan fingerprint density at radius 3 is 2.89 bits per heavy atom. The Morgan fingerprint density at radius 1 is 1.26 bits per heavy atom. The molecule has 0 aliphatic carbocycles. The first-order valence-corrected chi connectivity index (χ1v) is 10.9. The van der Waals surface area contributed by atoms with Crippen molar-refractivity contribution < 1.29 is 4.79 Å². The van der Waals surface area contributed by atoms with E-state index in [9.17, 15) is 4.79 Å². The Hall–Kier alpha value is -2.25. The molecular formula is C20H22N4OS2. The Kier molecular flexibility index (Phi) is 5.50. The number of amides is 1. The molecule has 7 heteroatoms. The van der Waals surface area contributed by atoms with Gasteiger partial charge < -0.3 is 10.2 Å². The number of nitrogens with zero attached hydrogens (tertiary/aromatic N) is 3. The third kappa shape index (κ3) is 4.20. The first-order chi connectivity index (χ1) is 13.2. The van der Waals surface area contributed by atoms with Gasteiger partial charge >= 0.3 is 0 Å². The average molecular weight is 399 g/mol. The summed E-state index contributed by atoms with van der Waals surface area (Å²) < 4.78 is 0. The summed E-state index contributed by atoms with van der Waals surface area (Å²) in [6.45, 7) is 4.59. The highest BCUT2D eigenvalue weighted by Gasteiger charge is 2.20. The molecule has 0 spiro atoms. The van der Waals surface area contributed by atoms with Gasteiger partial charge in [-0.1, -0.05) is 0 Å². The van der Waals surface area contributed by atoms with Crippen LogP contribution in [0.4, 0.5) is 5.82 Å². The van der Waals surface area contributed by atoms with E-state index in [2.05, 4.69) is 37.7 Å². The second-order valence-electron chi connectivity index (χ2n) is 6.59. The fourth-order valence-electron chi connectivity index (χ4n) is 3.28. The zero-order valence-corrected chi connectivity index (χ0v) is 16.9. The second kappa shape index (κ2) is 8.19. The number of hydrogen-bond acceptors (Lipinski definition) is 6. The lowest BCUT2D eigenvalue weighted by atomic mass is 10.2. The molecule has 4 heterocycles. The van der Waals surface area contributed by atoms with Crippen molar-refractivity contribution in [1.29, 1.82) is 0 Å². The van der Waals surface area contributed by atoms with Gasteiger partial charge in [0.1, 0.15) is 5.82 Å². The minimum absolute atomic E-state index is 0.0445. The molecule has 1 N–H and O–H groups in total. The maximum Gasteiger partial charge on any atom is 0.255 e. The van der Waals surface area contributed by atoms with Crippen LogP contribution in [0.3, 0.4) is 0 Å². The third-order valence-electron chi connectivity index (χ3n) is 4.63. The molecule has 0 bridgehead atoms. The number of carbonyl (C=O) groups is 1. The van der Waals surface area contributed by atoms with Crippen LogP contribution in [-0.4, -0.2) is 35.5 Å². The highest BCUT2D eigenvalue weighted by atomic mass is 32.1. The summed E-state index contributed by atoms with van der Waals surface area (Å²) in [7, 11) is 0. The molecule has 0 atom stereocenters. The molecule has 1 aliphatic heterocycles. The van der Waals surface area contributed by atoms with Crippen LogP contribution in [0.25, 0.3) is 10.6 Å². The summed E-state index contributed by atoms with van der Waals surface area (Å²) in [4.78, 5) is 26.3. The number of anilines is 1. The molecular weight excluding hydrogens is 376 g/mol. The Morgan fingerprint density at radius 2 is 2.11 bits per heavy atom. The van der Waals surface area contributed by atoms with Crippen LogP contribution in [-0.2, 0) is 6.42 Å². The van der Waals surface area contributed by atoms with Crippen LogP contribution in [0.15, 0.2) is 35.8 Å². The number of pyridine rings is 1. The number of aryl methyl sites for hydroxylation is 1. The lowest BCUT2D eigenvalue weighted by Crippen LogP contribution is -2.29. The van der Waals surface area contributed by atoms with Gasteiger partial charge in [-0.05, 0) is 50.5 Å². The molecule has 0 unspecified atom stereocenters. The van der Waals surface area contributed by atoms with Crippen molar-refractivity contribution in [2.45, 2.75) is 26.2 Å². The van der Waals surface area contributed by atoms with E-state index in [1.54, 1.807) is 28.9 Å². The van der Waals surface area contributed by atoms with E-state index in [0.717, 1.165) is 48.9 Å². The third-order valence-corrected chi connectivity index (χ3v) is 6.57. The van der Waals surface area contributed by atoms with Crippen LogP contribution < -0.4 is 10.2 Å². The van der Waals surface area contributed by atoms with Gasteiger partial charge in [0.05, 0.1) is 21.1 Å². The Labute approximate surface area is 167 Å². The maximum atomic E-state index is 12.7. The standard InChI is InChI=1S/C20H22N4OS2/c1-14-23-17(13-26-14)18-7-6-15(27-18)8-10-22-20(25)16-5-4-9-21-19(16)24-11-2-3-12-24/h4-7,9,13H,2-3,8,10-12H2,1H3,(H,22,25). The number of carbonyl (C=O) groups excluding carboxylic acids is 1. The molecule has 1 saturated heterocycles. The monoisotopic (exact) mass is 398 g/mol. The first-order valence-electron chi connectivity index (χ1n) is 9.20. The van der Waals surface area contributed by atoms with Gasteiger partial charge in [0, 0.05) is 36.1 Å². The molecule has 3 aromatic rings. The highest BCUT2D eigenvalue weighted by molar-refractivity contribution is 7.16.